The van der Waals surface area contributed by atoms with Gasteiger partial charge in [0.1, 0.15) is 5.82 Å². The standard InChI is InChI=1S/C14H13F4N3O3/c1-2-21(7-10(22)14(16,17)18)13(23)11-19-12(24-20-11)8-3-5-9(15)6-4-8/h3-6,10,22H,2,7H2,1H3/t10-/m0/s1. The molecule has 0 bridgehead atoms. The van der Waals surface area contributed by atoms with Crippen molar-refractivity contribution in [3.63, 3.8) is 0 Å². The van der Waals surface area contributed by atoms with Crippen LogP contribution in [0.1, 0.15) is 17.5 Å². The van der Waals surface area contributed by atoms with Crippen molar-refractivity contribution >= 4 is 5.91 Å². The van der Waals surface area contributed by atoms with Gasteiger partial charge in [0.15, 0.2) is 6.10 Å². The monoisotopic (exact) mass is 347 g/mol. The average Bonchev–Trinajstić information content (AvgIpc) is 3.01. The molecule has 1 N–H and O–H groups in total. The molecule has 1 atom stereocenters. The molecular formula is C14H13F4N3O3. The molecule has 10 heteroatoms. The zero-order valence-electron chi connectivity index (χ0n) is 12.4. The Bertz CT molecular complexity index is 700. The summed E-state index contributed by atoms with van der Waals surface area (Å²) in [6.45, 7) is 0.410. The number of hydrogen-bond acceptors (Lipinski definition) is 5. The van der Waals surface area contributed by atoms with Crippen molar-refractivity contribution in [3.05, 3.63) is 35.9 Å². The number of aromatic nitrogens is 2. The van der Waals surface area contributed by atoms with Crippen molar-refractivity contribution in [1.82, 2.24) is 15.0 Å². The molecule has 0 radical (unpaired) electrons. The van der Waals surface area contributed by atoms with E-state index in [9.17, 15) is 22.4 Å². The molecule has 0 unspecified atom stereocenters. The van der Waals surface area contributed by atoms with Crippen LogP contribution in [-0.4, -0.2) is 51.4 Å². The molecule has 0 saturated carbocycles. The van der Waals surface area contributed by atoms with Gasteiger partial charge in [0.05, 0.1) is 6.54 Å². The van der Waals surface area contributed by atoms with Crippen LogP contribution in [0.4, 0.5) is 17.6 Å². The van der Waals surface area contributed by atoms with Crippen molar-refractivity contribution in [3.8, 4) is 11.5 Å². The molecule has 2 aromatic rings. The number of amides is 1. The van der Waals surface area contributed by atoms with Crippen LogP contribution < -0.4 is 0 Å². The molecule has 1 heterocycles. The molecule has 24 heavy (non-hydrogen) atoms. The Morgan fingerprint density at radius 1 is 1.33 bits per heavy atom. The van der Waals surface area contributed by atoms with Crippen LogP contribution in [0.5, 0.6) is 0 Å². The Morgan fingerprint density at radius 3 is 2.50 bits per heavy atom. The van der Waals surface area contributed by atoms with Crippen LogP contribution in [0, 0.1) is 5.82 Å². The third kappa shape index (κ3) is 4.07. The minimum atomic E-state index is -4.84. The number of aliphatic hydroxyl groups excluding tert-OH is 1. The zero-order valence-corrected chi connectivity index (χ0v) is 12.4. The Kier molecular flexibility index (Phi) is 5.17. The summed E-state index contributed by atoms with van der Waals surface area (Å²) in [7, 11) is 0. The number of benzene rings is 1. The number of carbonyl (C=O) groups is 1. The number of hydrogen-bond donors (Lipinski definition) is 1. The molecule has 1 amide bonds. The maximum absolute atomic E-state index is 12.9. The van der Waals surface area contributed by atoms with Gasteiger partial charge in [-0.05, 0) is 31.2 Å². The van der Waals surface area contributed by atoms with Gasteiger partial charge in [-0.2, -0.15) is 18.2 Å². The largest absolute Gasteiger partial charge is 0.416 e. The predicted octanol–water partition coefficient (Wildman–Crippen LogP) is 2.26. The Balaban J connectivity index is 2.15. The van der Waals surface area contributed by atoms with Gasteiger partial charge in [0, 0.05) is 12.1 Å². The van der Waals surface area contributed by atoms with Gasteiger partial charge in [-0.3, -0.25) is 4.79 Å². The number of halogens is 4. The second-order valence-corrected chi connectivity index (χ2v) is 4.83. The van der Waals surface area contributed by atoms with E-state index in [1.165, 1.54) is 19.1 Å². The number of nitrogens with zero attached hydrogens (tertiary/aromatic N) is 3. The lowest BCUT2D eigenvalue weighted by molar-refractivity contribution is -0.206. The summed E-state index contributed by atoms with van der Waals surface area (Å²) in [5.74, 6) is -1.93. The van der Waals surface area contributed by atoms with E-state index in [-0.39, 0.29) is 12.4 Å². The highest BCUT2D eigenvalue weighted by atomic mass is 19.4. The molecule has 2 rings (SSSR count). The van der Waals surface area contributed by atoms with Gasteiger partial charge in [-0.25, -0.2) is 4.39 Å². The number of rotatable bonds is 5. The molecular weight excluding hydrogens is 334 g/mol. The quantitative estimate of drug-likeness (QED) is 0.840. The molecule has 1 aromatic carbocycles. The minimum Gasteiger partial charge on any atom is -0.382 e. The molecule has 0 fully saturated rings. The van der Waals surface area contributed by atoms with Gasteiger partial charge >= 0.3 is 6.18 Å². The normalized spacial score (nSPS) is 12.9. The fourth-order valence-electron chi connectivity index (χ4n) is 1.83. The van der Waals surface area contributed by atoms with E-state index in [1.807, 2.05) is 0 Å². The fourth-order valence-corrected chi connectivity index (χ4v) is 1.83. The second-order valence-electron chi connectivity index (χ2n) is 4.83. The lowest BCUT2D eigenvalue weighted by Gasteiger charge is -2.23. The van der Waals surface area contributed by atoms with Crippen LogP contribution in [0.25, 0.3) is 11.5 Å². The van der Waals surface area contributed by atoms with Gasteiger partial charge in [-0.1, -0.05) is 5.16 Å². The Hall–Kier alpha value is -2.49. The third-order valence-electron chi connectivity index (χ3n) is 3.15. The van der Waals surface area contributed by atoms with E-state index >= 15 is 0 Å². The summed E-state index contributed by atoms with van der Waals surface area (Å²) in [6, 6.07) is 5.00. The molecule has 0 aliphatic carbocycles. The highest BCUT2D eigenvalue weighted by molar-refractivity contribution is 5.90. The summed E-state index contributed by atoms with van der Waals surface area (Å²) in [6.07, 6.45) is -7.52. The van der Waals surface area contributed by atoms with E-state index in [1.54, 1.807) is 0 Å². The number of carbonyl (C=O) groups excluding carboxylic acids is 1. The molecule has 0 aliphatic rings. The smallest absolute Gasteiger partial charge is 0.382 e. The van der Waals surface area contributed by atoms with E-state index in [2.05, 4.69) is 10.1 Å². The molecule has 0 saturated heterocycles. The van der Waals surface area contributed by atoms with Crippen LogP contribution in [0.3, 0.4) is 0 Å². The second kappa shape index (κ2) is 6.95. The summed E-state index contributed by atoms with van der Waals surface area (Å²) in [5, 5.41) is 12.5. The van der Waals surface area contributed by atoms with Gasteiger partial charge < -0.3 is 14.5 Å². The lowest BCUT2D eigenvalue weighted by atomic mass is 10.2. The molecule has 0 spiro atoms. The first-order valence-electron chi connectivity index (χ1n) is 6.86. The van der Waals surface area contributed by atoms with E-state index in [0.717, 1.165) is 17.0 Å². The highest BCUT2D eigenvalue weighted by Gasteiger charge is 2.40. The van der Waals surface area contributed by atoms with E-state index in [4.69, 9.17) is 9.63 Å². The van der Waals surface area contributed by atoms with Gasteiger partial charge in [-0.15, -0.1) is 0 Å². The van der Waals surface area contributed by atoms with Crippen LogP contribution in [0.15, 0.2) is 28.8 Å². The Labute approximate surface area is 133 Å². The fraction of sp³-hybridized carbons (Fsp3) is 0.357. The summed E-state index contributed by atoms with van der Waals surface area (Å²) in [5.41, 5.74) is 0.348. The van der Waals surface area contributed by atoms with Gasteiger partial charge in [0.25, 0.3) is 17.6 Å². The zero-order chi connectivity index (χ0) is 17.9. The topological polar surface area (TPSA) is 79.5 Å². The van der Waals surface area contributed by atoms with Crippen LogP contribution in [0.2, 0.25) is 0 Å². The first-order valence-corrected chi connectivity index (χ1v) is 6.86. The van der Waals surface area contributed by atoms with Crippen LogP contribution in [-0.2, 0) is 0 Å². The van der Waals surface area contributed by atoms with Crippen molar-refractivity contribution < 1.29 is 32.0 Å². The number of likely N-dealkylation sites (N-methyl/N-ethyl adjacent to an activating group) is 1. The summed E-state index contributed by atoms with van der Waals surface area (Å²) in [4.78, 5) is 16.7. The number of alkyl halides is 3. The first kappa shape index (κ1) is 17.9. The molecule has 6 nitrogen and oxygen atoms in total. The summed E-state index contributed by atoms with van der Waals surface area (Å²) >= 11 is 0. The lowest BCUT2D eigenvalue weighted by Crippen LogP contribution is -2.43. The molecule has 0 aliphatic heterocycles. The van der Waals surface area contributed by atoms with Crippen molar-refractivity contribution in [2.24, 2.45) is 0 Å². The van der Waals surface area contributed by atoms with Crippen molar-refractivity contribution in [2.45, 2.75) is 19.2 Å². The first-order chi connectivity index (χ1) is 11.2. The van der Waals surface area contributed by atoms with Crippen molar-refractivity contribution in [2.75, 3.05) is 13.1 Å². The minimum absolute atomic E-state index is 0.0780. The van der Waals surface area contributed by atoms with E-state index < -0.39 is 36.4 Å². The maximum Gasteiger partial charge on any atom is 0.416 e. The Morgan fingerprint density at radius 2 is 1.96 bits per heavy atom. The average molecular weight is 347 g/mol. The molecule has 130 valence electrons. The SMILES string of the molecule is CCN(C[C@H](O)C(F)(F)F)C(=O)c1noc(-c2ccc(F)cc2)n1. The van der Waals surface area contributed by atoms with E-state index in [0.29, 0.717) is 5.56 Å². The maximum atomic E-state index is 12.9. The summed E-state index contributed by atoms with van der Waals surface area (Å²) < 4.78 is 54.9. The predicted molar refractivity (Wildman–Crippen MR) is 73.3 cm³/mol. The van der Waals surface area contributed by atoms with Crippen LogP contribution >= 0.6 is 0 Å². The van der Waals surface area contributed by atoms with Gasteiger partial charge in [0.2, 0.25) is 0 Å². The highest BCUT2D eigenvalue weighted by Crippen LogP contribution is 2.22. The van der Waals surface area contributed by atoms with Crippen molar-refractivity contribution in [1.29, 1.82) is 0 Å². The number of aliphatic hydroxyl groups is 1. The third-order valence-corrected chi connectivity index (χ3v) is 3.15. The molecule has 1 aromatic heterocycles.